The zero-order valence-electron chi connectivity index (χ0n) is 18.8. The van der Waals surface area contributed by atoms with Crippen LogP contribution < -0.4 is 10.6 Å². The van der Waals surface area contributed by atoms with Crippen LogP contribution in [0.5, 0.6) is 0 Å². The number of carbonyl (C=O) groups is 3. The van der Waals surface area contributed by atoms with Crippen LogP contribution in [-0.2, 0) is 22.7 Å². The van der Waals surface area contributed by atoms with Crippen molar-refractivity contribution in [3.05, 3.63) is 35.4 Å². The first kappa shape index (κ1) is 22.8. The smallest absolute Gasteiger partial charge is 0.325 e. The number of unbranched alkanes of at least 4 members (excludes halogenated alkanes) is 1. The number of nitrogens with one attached hydrogen (secondary N) is 3. The zero-order valence-corrected chi connectivity index (χ0v) is 18.8. The van der Waals surface area contributed by atoms with Gasteiger partial charge in [0.2, 0.25) is 0 Å². The molecular weight excluding hydrogens is 394 g/mol. The molecule has 3 rings (SSSR count). The fourth-order valence-electron chi connectivity index (χ4n) is 4.33. The van der Waals surface area contributed by atoms with Crippen LogP contribution in [0.25, 0.3) is 0 Å². The molecule has 0 spiro atoms. The average molecular weight is 428 g/mol. The molecule has 8 heteroatoms. The number of rotatable bonds is 9. The normalized spacial score (nSPS) is 23.7. The molecule has 2 aliphatic rings. The Balaban J connectivity index is 1.62. The predicted octanol–water partition coefficient (Wildman–Crippen LogP) is 2.97. The molecular formula is C23H33N5O3. The number of guanidine groups is 1. The van der Waals surface area contributed by atoms with Gasteiger partial charge in [-0.15, -0.1) is 0 Å². The van der Waals surface area contributed by atoms with E-state index >= 15 is 0 Å². The quantitative estimate of drug-likeness (QED) is 0.527. The third-order valence-electron chi connectivity index (χ3n) is 5.86. The first-order valence-corrected chi connectivity index (χ1v) is 11.0. The summed E-state index contributed by atoms with van der Waals surface area (Å²) in [6, 6.07) is 6.70. The number of amides is 4. The van der Waals surface area contributed by atoms with E-state index in [0.717, 1.165) is 24.0 Å². The molecule has 1 unspecified atom stereocenters. The Morgan fingerprint density at radius 1 is 1.06 bits per heavy atom. The molecule has 0 aromatic heterocycles. The Morgan fingerprint density at radius 2 is 1.65 bits per heavy atom. The number of hydrogen-bond acceptors (Lipinski definition) is 4. The first-order chi connectivity index (χ1) is 14.6. The molecule has 168 valence electrons. The molecule has 4 amide bonds. The maximum absolute atomic E-state index is 12.9. The van der Waals surface area contributed by atoms with E-state index in [1.54, 1.807) is 0 Å². The van der Waals surface area contributed by atoms with Crippen LogP contribution >= 0.6 is 0 Å². The molecule has 2 aliphatic heterocycles. The van der Waals surface area contributed by atoms with Gasteiger partial charge in [0.25, 0.3) is 11.8 Å². The minimum atomic E-state index is -0.747. The van der Waals surface area contributed by atoms with Gasteiger partial charge in [-0.25, -0.2) is 4.79 Å². The highest BCUT2D eigenvalue weighted by molar-refractivity contribution is 6.07. The molecule has 3 N–H and O–H groups in total. The molecule has 2 fully saturated rings. The van der Waals surface area contributed by atoms with E-state index < -0.39 is 11.6 Å². The summed E-state index contributed by atoms with van der Waals surface area (Å²) in [6.45, 7) is 8.55. The molecule has 0 bridgehead atoms. The monoisotopic (exact) mass is 427 g/mol. The standard InChI is InChI=1S/C23H33N5O3/c1-5-6-7-18-19(29)27(22(31)25-18)13-16-8-10-17(11-9-16)14-28-20(30)23(4,12-15(2)3)26-21(28)24/h8-11,15,18H,5-7,12-14H2,1-4H3,(H2,24,26)(H,25,31)/t18-,23?/m0/s1. The van der Waals surface area contributed by atoms with Crippen LogP contribution in [0.15, 0.2) is 24.3 Å². The van der Waals surface area contributed by atoms with Crippen molar-refractivity contribution >= 4 is 23.8 Å². The second-order valence-electron chi connectivity index (χ2n) is 9.18. The molecule has 2 atom stereocenters. The highest BCUT2D eigenvalue weighted by Gasteiger charge is 2.45. The summed E-state index contributed by atoms with van der Waals surface area (Å²) in [5.41, 5.74) is 0.979. The summed E-state index contributed by atoms with van der Waals surface area (Å²) >= 11 is 0. The molecule has 0 radical (unpaired) electrons. The van der Waals surface area contributed by atoms with Crippen LogP contribution in [0.4, 0.5) is 4.79 Å². The number of benzene rings is 1. The van der Waals surface area contributed by atoms with Crippen molar-refractivity contribution in [2.24, 2.45) is 5.92 Å². The van der Waals surface area contributed by atoms with Gasteiger partial charge in [0.1, 0.15) is 11.6 Å². The molecule has 1 aromatic rings. The van der Waals surface area contributed by atoms with E-state index in [4.69, 9.17) is 5.41 Å². The maximum atomic E-state index is 12.9. The van der Waals surface area contributed by atoms with Crippen molar-refractivity contribution in [3.8, 4) is 0 Å². The van der Waals surface area contributed by atoms with Gasteiger partial charge >= 0.3 is 6.03 Å². The SMILES string of the molecule is CCCC[C@@H]1NC(=O)N(Cc2ccc(CN3C(=N)NC(C)(CC(C)C)C3=O)cc2)C1=O. The fraction of sp³-hybridized carbons (Fsp3) is 0.565. The molecule has 0 aliphatic carbocycles. The van der Waals surface area contributed by atoms with E-state index in [2.05, 4.69) is 31.4 Å². The molecule has 0 saturated carbocycles. The topological polar surface area (TPSA) is 106 Å². The summed E-state index contributed by atoms with van der Waals surface area (Å²) in [5, 5.41) is 14.0. The number of hydrogen-bond donors (Lipinski definition) is 3. The Labute approximate surface area is 183 Å². The van der Waals surface area contributed by atoms with Crippen LogP contribution in [0.1, 0.15) is 64.5 Å². The molecule has 2 heterocycles. The minimum absolute atomic E-state index is 0.0901. The van der Waals surface area contributed by atoms with Crippen molar-refractivity contribution in [2.45, 2.75) is 78.0 Å². The summed E-state index contributed by atoms with van der Waals surface area (Å²) in [7, 11) is 0. The van der Waals surface area contributed by atoms with Gasteiger partial charge in [-0.2, -0.15) is 0 Å². The summed E-state index contributed by atoms with van der Waals surface area (Å²) in [4.78, 5) is 40.3. The average Bonchev–Trinajstić information content (AvgIpc) is 3.08. The largest absolute Gasteiger partial charge is 0.342 e. The Bertz CT molecular complexity index is 866. The summed E-state index contributed by atoms with van der Waals surface area (Å²) in [6.07, 6.45) is 3.20. The maximum Gasteiger partial charge on any atom is 0.325 e. The molecule has 1 aromatic carbocycles. The lowest BCUT2D eigenvalue weighted by molar-refractivity contribution is -0.131. The van der Waals surface area contributed by atoms with Crippen molar-refractivity contribution < 1.29 is 14.4 Å². The third kappa shape index (κ3) is 4.89. The van der Waals surface area contributed by atoms with Gasteiger partial charge < -0.3 is 10.6 Å². The number of urea groups is 1. The lowest BCUT2D eigenvalue weighted by Crippen LogP contribution is -2.44. The van der Waals surface area contributed by atoms with Crippen molar-refractivity contribution in [1.29, 1.82) is 5.41 Å². The van der Waals surface area contributed by atoms with Gasteiger partial charge in [-0.3, -0.25) is 24.8 Å². The van der Waals surface area contributed by atoms with Crippen LogP contribution in [-0.4, -0.2) is 45.2 Å². The zero-order chi connectivity index (χ0) is 22.8. The predicted molar refractivity (Wildman–Crippen MR) is 118 cm³/mol. The van der Waals surface area contributed by atoms with E-state index in [1.165, 1.54) is 9.80 Å². The number of imide groups is 1. The van der Waals surface area contributed by atoms with Gasteiger partial charge in [0.15, 0.2) is 5.96 Å². The second kappa shape index (κ2) is 9.08. The van der Waals surface area contributed by atoms with E-state index in [1.807, 2.05) is 31.2 Å². The Hall–Kier alpha value is -2.90. The van der Waals surface area contributed by atoms with E-state index in [9.17, 15) is 14.4 Å². The molecule has 8 nitrogen and oxygen atoms in total. The van der Waals surface area contributed by atoms with Crippen LogP contribution in [0.3, 0.4) is 0 Å². The fourth-order valence-corrected chi connectivity index (χ4v) is 4.33. The van der Waals surface area contributed by atoms with Gasteiger partial charge in [-0.05, 0) is 36.8 Å². The third-order valence-corrected chi connectivity index (χ3v) is 5.86. The van der Waals surface area contributed by atoms with Gasteiger partial charge in [0, 0.05) is 0 Å². The lowest BCUT2D eigenvalue weighted by atomic mass is 9.91. The van der Waals surface area contributed by atoms with Crippen molar-refractivity contribution in [1.82, 2.24) is 20.4 Å². The Kier molecular flexibility index (Phi) is 6.67. The second-order valence-corrected chi connectivity index (χ2v) is 9.18. The van der Waals surface area contributed by atoms with E-state index in [-0.39, 0.29) is 30.3 Å². The Morgan fingerprint density at radius 3 is 2.19 bits per heavy atom. The molecule has 2 saturated heterocycles. The number of nitrogens with zero attached hydrogens (tertiary/aromatic N) is 2. The lowest BCUT2D eigenvalue weighted by Gasteiger charge is -2.24. The first-order valence-electron chi connectivity index (χ1n) is 11.0. The van der Waals surface area contributed by atoms with Crippen LogP contribution in [0, 0.1) is 11.3 Å². The summed E-state index contributed by atoms with van der Waals surface area (Å²) in [5.74, 6) is 0.192. The van der Waals surface area contributed by atoms with Crippen molar-refractivity contribution in [2.75, 3.05) is 0 Å². The van der Waals surface area contributed by atoms with Gasteiger partial charge in [-0.1, -0.05) is 57.9 Å². The molecule has 31 heavy (non-hydrogen) atoms. The van der Waals surface area contributed by atoms with E-state index in [0.29, 0.717) is 25.3 Å². The van der Waals surface area contributed by atoms with Crippen molar-refractivity contribution in [3.63, 3.8) is 0 Å². The highest BCUT2D eigenvalue weighted by atomic mass is 16.2. The summed E-state index contributed by atoms with van der Waals surface area (Å²) < 4.78 is 0. The van der Waals surface area contributed by atoms with Crippen LogP contribution in [0.2, 0.25) is 0 Å². The van der Waals surface area contributed by atoms with Gasteiger partial charge in [0.05, 0.1) is 13.1 Å². The highest BCUT2D eigenvalue weighted by Crippen LogP contribution is 2.26. The number of carbonyl (C=O) groups excluding carboxylic acids is 3. The minimum Gasteiger partial charge on any atom is -0.342 e.